The average molecular weight is 388 g/mol. The first kappa shape index (κ1) is 18.6. The number of nitrogens with zero attached hydrogens (tertiary/aromatic N) is 2. The van der Waals surface area contributed by atoms with Crippen LogP contribution in [0.4, 0.5) is 10.1 Å². The molecule has 1 amide bonds. The van der Waals surface area contributed by atoms with E-state index in [2.05, 4.69) is 5.32 Å². The third kappa shape index (κ3) is 4.15. The van der Waals surface area contributed by atoms with Gasteiger partial charge in [0, 0.05) is 18.1 Å². The minimum Gasteiger partial charge on any atom is -0.325 e. The predicted octanol–water partition coefficient (Wildman–Crippen LogP) is 2.74. The molecule has 0 aliphatic rings. The largest absolute Gasteiger partial charge is 0.325 e. The van der Waals surface area contributed by atoms with E-state index in [0.29, 0.717) is 5.69 Å². The summed E-state index contributed by atoms with van der Waals surface area (Å²) in [6.07, 6.45) is 2.64. The molecule has 0 atom stereocenters. The van der Waals surface area contributed by atoms with Gasteiger partial charge in [-0.1, -0.05) is 23.7 Å². The zero-order chi connectivity index (χ0) is 19.6. The molecule has 3 rings (SSSR count). The van der Waals surface area contributed by atoms with E-state index >= 15 is 0 Å². The van der Waals surface area contributed by atoms with Crippen molar-refractivity contribution in [3.63, 3.8) is 0 Å². The molecule has 0 bridgehead atoms. The van der Waals surface area contributed by atoms with Gasteiger partial charge in [0.1, 0.15) is 12.4 Å². The normalized spacial score (nSPS) is 10.6. The highest BCUT2D eigenvalue weighted by Gasteiger charge is 2.11. The van der Waals surface area contributed by atoms with Gasteiger partial charge in [0.05, 0.1) is 10.7 Å². The minimum absolute atomic E-state index is 0.166. The van der Waals surface area contributed by atoms with Gasteiger partial charge in [-0.15, -0.1) is 0 Å². The first-order valence-electron chi connectivity index (χ1n) is 7.99. The molecule has 0 aliphatic carbocycles. The Kier molecular flexibility index (Phi) is 5.23. The summed E-state index contributed by atoms with van der Waals surface area (Å²) in [7, 11) is 0. The maximum absolute atomic E-state index is 13.3. The van der Waals surface area contributed by atoms with Crippen LogP contribution in [0.15, 0.2) is 64.4 Å². The Hall–Kier alpha value is -3.19. The summed E-state index contributed by atoms with van der Waals surface area (Å²) in [5.74, 6) is -1.07. The van der Waals surface area contributed by atoms with Crippen LogP contribution in [0.3, 0.4) is 0 Å². The van der Waals surface area contributed by atoms with E-state index in [9.17, 15) is 18.8 Å². The van der Waals surface area contributed by atoms with E-state index in [1.807, 2.05) is 13.0 Å². The number of halogens is 2. The van der Waals surface area contributed by atoms with Crippen molar-refractivity contribution in [2.45, 2.75) is 13.5 Å². The van der Waals surface area contributed by atoms with Crippen molar-refractivity contribution in [2.75, 3.05) is 5.32 Å². The summed E-state index contributed by atoms with van der Waals surface area (Å²) >= 11 is 5.72. The summed E-state index contributed by atoms with van der Waals surface area (Å²) in [4.78, 5) is 36.8. The molecule has 0 radical (unpaired) electrons. The van der Waals surface area contributed by atoms with Gasteiger partial charge in [-0.2, -0.15) is 0 Å². The van der Waals surface area contributed by atoms with E-state index in [1.165, 1.54) is 24.5 Å². The van der Waals surface area contributed by atoms with Crippen LogP contribution in [0.1, 0.15) is 5.56 Å². The van der Waals surface area contributed by atoms with Crippen molar-refractivity contribution in [1.82, 2.24) is 9.13 Å². The summed E-state index contributed by atoms with van der Waals surface area (Å²) in [6, 6.07) is 10.9. The van der Waals surface area contributed by atoms with E-state index in [-0.39, 0.29) is 17.3 Å². The third-order valence-electron chi connectivity index (χ3n) is 3.86. The van der Waals surface area contributed by atoms with Crippen LogP contribution in [0.25, 0.3) is 5.69 Å². The minimum atomic E-state index is -0.877. The predicted molar refractivity (Wildman–Crippen MR) is 101 cm³/mol. The molecule has 1 N–H and O–H groups in total. The lowest BCUT2D eigenvalue weighted by molar-refractivity contribution is -0.116. The standard InChI is InChI=1S/C19H15ClFN3O3/c1-12-3-2-4-13(9-12)22-17(25)11-23-7-8-24(19(27)18(23)26)14-5-6-16(21)15(20)10-14/h2-10H,11H2,1H3,(H,22,25). The number of benzene rings is 2. The molecular formula is C19H15ClFN3O3. The lowest BCUT2D eigenvalue weighted by Gasteiger charge is -2.10. The molecule has 0 saturated heterocycles. The maximum atomic E-state index is 13.3. The monoisotopic (exact) mass is 387 g/mol. The molecule has 0 saturated carbocycles. The fraction of sp³-hybridized carbons (Fsp3) is 0.105. The fourth-order valence-electron chi connectivity index (χ4n) is 2.55. The van der Waals surface area contributed by atoms with E-state index in [1.54, 1.807) is 18.2 Å². The molecule has 138 valence electrons. The van der Waals surface area contributed by atoms with Gasteiger partial charge in [0.25, 0.3) is 0 Å². The molecule has 8 heteroatoms. The summed E-state index contributed by atoms with van der Waals surface area (Å²) in [6.45, 7) is 1.58. The van der Waals surface area contributed by atoms with Gasteiger partial charge in [-0.3, -0.25) is 23.5 Å². The number of rotatable bonds is 4. The van der Waals surface area contributed by atoms with Crippen molar-refractivity contribution in [2.24, 2.45) is 0 Å². The number of aryl methyl sites for hydroxylation is 1. The van der Waals surface area contributed by atoms with Gasteiger partial charge in [0.2, 0.25) is 5.91 Å². The first-order chi connectivity index (χ1) is 12.8. The van der Waals surface area contributed by atoms with Crippen LogP contribution in [0.2, 0.25) is 5.02 Å². The zero-order valence-corrected chi connectivity index (χ0v) is 15.0. The number of hydrogen-bond donors (Lipinski definition) is 1. The van der Waals surface area contributed by atoms with E-state index in [0.717, 1.165) is 20.8 Å². The van der Waals surface area contributed by atoms with Gasteiger partial charge < -0.3 is 5.32 Å². The van der Waals surface area contributed by atoms with Gasteiger partial charge in [-0.25, -0.2) is 4.39 Å². The van der Waals surface area contributed by atoms with Crippen LogP contribution < -0.4 is 16.4 Å². The molecule has 27 heavy (non-hydrogen) atoms. The number of carbonyl (C=O) groups is 1. The summed E-state index contributed by atoms with van der Waals surface area (Å²) in [5.41, 5.74) is 0.0774. The molecule has 1 aromatic heterocycles. The molecule has 6 nitrogen and oxygen atoms in total. The number of carbonyl (C=O) groups excluding carboxylic acids is 1. The van der Waals surface area contributed by atoms with Crippen LogP contribution in [0, 0.1) is 12.7 Å². The van der Waals surface area contributed by atoms with Crippen molar-refractivity contribution >= 4 is 23.2 Å². The van der Waals surface area contributed by atoms with Gasteiger partial charge >= 0.3 is 11.1 Å². The molecular weight excluding hydrogens is 373 g/mol. The average Bonchev–Trinajstić information content (AvgIpc) is 2.62. The van der Waals surface area contributed by atoms with E-state index < -0.39 is 22.8 Å². The SMILES string of the molecule is Cc1cccc(NC(=O)Cn2ccn(-c3ccc(F)c(Cl)c3)c(=O)c2=O)c1. The Labute approximate surface area is 158 Å². The first-order valence-corrected chi connectivity index (χ1v) is 8.37. The Balaban J connectivity index is 1.84. The Morgan fingerprint density at radius 2 is 1.89 bits per heavy atom. The van der Waals surface area contributed by atoms with Crippen molar-refractivity contribution in [3.05, 3.63) is 92.0 Å². The number of nitrogens with one attached hydrogen (secondary N) is 1. The zero-order valence-electron chi connectivity index (χ0n) is 14.3. The number of amides is 1. The van der Waals surface area contributed by atoms with Crippen LogP contribution in [0.5, 0.6) is 0 Å². The summed E-state index contributed by atoms with van der Waals surface area (Å²) < 4.78 is 15.3. The van der Waals surface area contributed by atoms with Crippen molar-refractivity contribution < 1.29 is 9.18 Å². The van der Waals surface area contributed by atoms with E-state index in [4.69, 9.17) is 11.6 Å². The van der Waals surface area contributed by atoms with Gasteiger partial charge in [0.15, 0.2) is 0 Å². The second kappa shape index (κ2) is 7.59. The number of anilines is 1. The molecule has 0 fully saturated rings. The van der Waals surface area contributed by atoms with Crippen molar-refractivity contribution in [1.29, 1.82) is 0 Å². The smallest absolute Gasteiger partial charge is 0.320 e. The van der Waals surface area contributed by atoms with Gasteiger partial charge in [-0.05, 0) is 42.8 Å². The Morgan fingerprint density at radius 1 is 1.11 bits per heavy atom. The topological polar surface area (TPSA) is 73.1 Å². The summed E-state index contributed by atoms with van der Waals surface area (Å²) in [5, 5.41) is 2.51. The Morgan fingerprint density at radius 3 is 2.59 bits per heavy atom. The third-order valence-corrected chi connectivity index (χ3v) is 4.15. The molecule has 1 heterocycles. The lowest BCUT2D eigenvalue weighted by Crippen LogP contribution is -2.41. The molecule has 0 spiro atoms. The number of hydrogen-bond acceptors (Lipinski definition) is 3. The lowest BCUT2D eigenvalue weighted by atomic mass is 10.2. The molecule has 2 aromatic carbocycles. The quantitative estimate of drug-likeness (QED) is 0.699. The van der Waals surface area contributed by atoms with Crippen LogP contribution >= 0.6 is 11.6 Å². The highest BCUT2D eigenvalue weighted by Crippen LogP contribution is 2.17. The second-order valence-corrected chi connectivity index (χ2v) is 6.33. The number of aromatic nitrogens is 2. The molecule has 0 aliphatic heterocycles. The van der Waals surface area contributed by atoms with Crippen LogP contribution in [-0.2, 0) is 11.3 Å². The maximum Gasteiger partial charge on any atom is 0.320 e. The highest BCUT2D eigenvalue weighted by atomic mass is 35.5. The van der Waals surface area contributed by atoms with Crippen molar-refractivity contribution in [3.8, 4) is 5.69 Å². The highest BCUT2D eigenvalue weighted by molar-refractivity contribution is 6.30. The molecule has 0 unspecified atom stereocenters. The van der Waals surface area contributed by atoms with Crippen LogP contribution in [-0.4, -0.2) is 15.0 Å². The molecule has 3 aromatic rings. The Bertz CT molecular complexity index is 1140. The fourth-order valence-corrected chi connectivity index (χ4v) is 2.72. The second-order valence-electron chi connectivity index (χ2n) is 5.92.